The first-order valence-electron chi connectivity index (χ1n) is 10.6. The Morgan fingerprint density at radius 3 is 1.90 bits per heavy atom. The third-order valence-electron chi connectivity index (χ3n) is 5.83. The van der Waals surface area contributed by atoms with Crippen LogP contribution in [0.1, 0.15) is 56.7 Å². The van der Waals surface area contributed by atoms with Crippen LogP contribution in [0, 0.1) is 13.8 Å². The van der Waals surface area contributed by atoms with Crippen molar-refractivity contribution < 1.29 is 9.59 Å². The zero-order valence-corrected chi connectivity index (χ0v) is 17.7. The van der Waals surface area contributed by atoms with E-state index in [9.17, 15) is 9.59 Å². The third-order valence-corrected chi connectivity index (χ3v) is 5.83. The molecule has 0 N–H and O–H groups in total. The average Bonchev–Trinajstić information content (AvgIpc) is 2.79. The van der Waals surface area contributed by atoms with Crippen LogP contribution in [-0.2, 0) is 0 Å². The van der Waals surface area contributed by atoms with Crippen LogP contribution < -0.4 is 0 Å². The van der Waals surface area contributed by atoms with Crippen LogP contribution in [0.5, 0.6) is 0 Å². The Bertz CT molecular complexity index is 1060. The summed E-state index contributed by atoms with van der Waals surface area (Å²) in [5.74, 6) is -0.0398. The molecule has 0 aromatic heterocycles. The van der Waals surface area contributed by atoms with E-state index in [1.54, 1.807) is 6.07 Å². The van der Waals surface area contributed by atoms with Gasteiger partial charge in [0.25, 0.3) is 5.91 Å². The SMILES string of the molecule is Cc1ccc(C(=O)c2cc(C(=O)N3CCCCC3)ccc2-c2ccc(C)cc2)cc1. The summed E-state index contributed by atoms with van der Waals surface area (Å²) in [6.07, 6.45) is 3.26. The van der Waals surface area contributed by atoms with Crippen LogP contribution in [-0.4, -0.2) is 29.7 Å². The standard InChI is InChI=1S/C27H27NO2/c1-19-6-10-21(11-7-19)24-15-14-23(27(30)28-16-4-3-5-17-28)18-25(24)26(29)22-12-8-20(2)9-13-22/h6-15,18H,3-5,16-17H2,1-2H3. The van der Waals surface area contributed by atoms with E-state index in [0.29, 0.717) is 16.7 Å². The molecule has 0 aliphatic carbocycles. The molecule has 1 heterocycles. The van der Waals surface area contributed by atoms with Gasteiger partial charge >= 0.3 is 0 Å². The van der Waals surface area contributed by atoms with E-state index in [4.69, 9.17) is 0 Å². The largest absolute Gasteiger partial charge is 0.339 e. The molecule has 1 fully saturated rings. The summed E-state index contributed by atoms with van der Waals surface area (Å²) in [5, 5.41) is 0. The Balaban J connectivity index is 1.78. The second-order valence-corrected chi connectivity index (χ2v) is 8.17. The van der Waals surface area contributed by atoms with Crippen molar-refractivity contribution in [3.8, 4) is 11.1 Å². The lowest BCUT2D eigenvalue weighted by molar-refractivity contribution is 0.0724. The van der Waals surface area contributed by atoms with Crippen molar-refractivity contribution in [1.29, 1.82) is 0 Å². The molecule has 3 nitrogen and oxygen atoms in total. The van der Waals surface area contributed by atoms with Crippen molar-refractivity contribution in [2.24, 2.45) is 0 Å². The van der Waals surface area contributed by atoms with Gasteiger partial charge < -0.3 is 4.90 Å². The predicted octanol–water partition coefficient (Wildman–Crippen LogP) is 5.83. The van der Waals surface area contributed by atoms with Gasteiger partial charge in [-0.25, -0.2) is 0 Å². The van der Waals surface area contributed by atoms with E-state index < -0.39 is 0 Å². The maximum atomic E-state index is 13.4. The molecule has 30 heavy (non-hydrogen) atoms. The smallest absolute Gasteiger partial charge is 0.253 e. The molecule has 0 bridgehead atoms. The summed E-state index contributed by atoms with van der Waals surface area (Å²) >= 11 is 0. The number of amides is 1. The van der Waals surface area contributed by atoms with E-state index in [2.05, 4.69) is 0 Å². The van der Waals surface area contributed by atoms with E-state index in [0.717, 1.165) is 42.6 Å². The van der Waals surface area contributed by atoms with Crippen molar-refractivity contribution in [3.63, 3.8) is 0 Å². The van der Waals surface area contributed by atoms with Gasteiger partial charge in [0.05, 0.1) is 0 Å². The number of nitrogens with zero attached hydrogens (tertiary/aromatic N) is 1. The number of aryl methyl sites for hydroxylation is 2. The summed E-state index contributed by atoms with van der Waals surface area (Å²) in [7, 11) is 0. The Hall–Kier alpha value is -3.20. The Morgan fingerprint density at radius 1 is 0.700 bits per heavy atom. The van der Waals surface area contributed by atoms with Crippen molar-refractivity contribution in [2.75, 3.05) is 13.1 Å². The average molecular weight is 398 g/mol. The Morgan fingerprint density at radius 2 is 1.27 bits per heavy atom. The number of benzene rings is 3. The molecule has 3 aromatic carbocycles. The zero-order valence-electron chi connectivity index (χ0n) is 17.7. The molecule has 0 spiro atoms. The first-order chi connectivity index (χ1) is 14.5. The van der Waals surface area contributed by atoms with E-state index in [1.165, 1.54) is 12.0 Å². The third kappa shape index (κ3) is 4.20. The Kier molecular flexibility index (Phi) is 5.80. The molecule has 4 rings (SSSR count). The van der Waals surface area contributed by atoms with Crippen LogP contribution in [0.4, 0.5) is 0 Å². The zero-order chi connectivity index (χ0) is 21.1. The van der Waals surface area contributed by atoms with Crippen LogP contribution in [0.15, 0.2) is 66.7 Å². The molecular formula is C27H27NO2. The fraction of sp³-hybridized carbons (Fsp3) is 0.259. The highest BCUT2D eigenvalue weighted by molar-refractivity contribution is 6.14. The van der Waals surface area contributed by atoms with E-state index >= 15 is 0 Å². The predicted molar refractivity (Wildman–Crippen MR) is 121 cm³/mol. The first kappa shape index (κ1) is 20.1. The summed E-state index contributed by atoms with van der Waals surface area (Å²) < 4.78 is 0. The second-order valence-electron chi connectivity index (χ2n) is 8.17. The molecule has 0 unspecified atom stereocenters. The van der Waals surface area contributed by atoms with E-state index in [1.807, 2.05) is 79.4 Å². The summed E-state index contributed by atoms with van der Waals surface area (Å²) in [6.45, 7) is 5.63. The van der Waals surface area contributed by atoms with Crippen molar-refractivity contribution in [3.05, 3.63) is 94.5 Å². The van der Waals surface area contributed by atoms with Crippen molar-refractivity contribution >= 4 is 11.7 Å². The highest BCUT2D eigenvalue weighted by Gasteiger charge is 2.22. The normalized spacial score (nSPS) is 13.9. The fourth-order valence-corrected chi connectivity index (χ4v) is 3.99. The van der Waals surface area contributed by atoms with Crippen LogP contribution in [0.25, 0.3) is 11.1 Å². The molecule has 0 atom stereocenters. The second kappa shape index (κ2) is 8.66. The minimum absolute atomic E-state index is 0.0168. The topological polar surface area (TPSA) is 37.4 Å². The van der Waals surface area contributed by atoms with Gasteiger partial charge in [-0.2, -0.15) is 0 Å². The highest BCUT2D eigenvalue weighted by atomic mass is 16.2. The highest BCUT2D eigenvalue weighted by Crippen LogP contribution is 2.28. The number of hydrogen-bond donors (Lipinski definition) is 0. The number of carbonyl (C=O) groups excluding carboxylic acids is 2. The lowest BCUT2D eigenvalue weighted by Crippen LogP contribution is -2.35. The maximum Gasteiger partial charge on any atom is 0.253 e. The van der Waals surface area contributed by atoms with Gasteiger partial charge in [-0.3, -0.25) is 9.59 Å². The monoisotopic (exact) mass is 397 g/mol. The summed E-state index contributed by atoms with van der Waals surface area (Å²) in [6, 6.07) is 21.3. The molecule has 0 saturated carbocycles. The number of rotatable bonds is 4. The van der Waals surface area contributed by atoms with Crippen LogP contribution in [0.2, 0.25) is 0 Å². The minimum Gasteiger partial charge on any atom is -0.339 e. The molecule has 1 aliphatic rings. The van der Waals surface area contributed by atoms with E-state index in [-0.39, 0.29) is 11.7 Å². The quantitative estimate of drug-likeness (QED) is 0.520. The lowest BCUT2D eigenvalue weighted by Gasteiger charge is -2.27. The van der Waals surface area contributed by atoms with Crippen LogP contribution >= 0.6 is 0 Å². The number of ketones is 1. The fourth-order valence-electron chi connectivity index (χ4n) is 3.99. The molecule has 0 radical (unpaired) electrons. The van der Waals surface area contributed by atoms with Crippen molar-refractivity contribution in [1.82, 2.24) is 4.90 Å². The maximum absolute atomic E-state index is 13.4. The number of likely N-dealkylation sites (tertiary alicyclic amines) is 1. The van der Waals surface area contributed by atoms with Gasteiger partial charge in [-0.1, -0.05) is 65.7 Å². The van der Waals surface area contributed by atoms with Gasteiger partial charge in [0, 0.05) is 29.8 Å². The molecule has 152 valence electrons. The number of piperidine rings is 1. The minimum atomic E-state index is -0.0566. The summed E-state index contributed by atoms with van der Waals surface area (Å²) in [5.41, 5.74) is 5.91. The van der Waals surface area contributed by atoms with Gasteiger partial charge in [0.1, 0.15) is 0 Å². The molecular weight excluding hydrogens is 370 g/mol. The Labute approximate surface area is 178 Å². The van der Waals surface area contributed by atoms with Gasteiger partial charge in [0.2, 0.25) is 0 Å². The molecule has 1 aliphatic heterocycles. The lowest BCUT2D eigenvalue weighted by atomic mass is 9.91. The molecule has 1 saturated heterocycles. The molecule has 1 amide bonds. The molecule has 3 heteroatoms. The molecule has 3 aromatic rings. The van der Waals surface area contributed by atoms with Gasteiger partial charge in [0.15, 0.2) is 5.78 Å². The number of carbonyl (C=O) groups is 2. The van der Waals surface area contributed by atoms with Crippen molar-refractivity contribution in [2.45, 2.75) is 33.1 Å². The van der Waals surface area contributed by atoms with Crippen LogP contribution in [0.3, 0.4) is 0 Å². The van der Waals surface area contributed by atoms with Gasteiger partial charge in [-0.15, -0.1) is 0 Å². The number of hydrogen-bond acceptors (Lipinski definition) is 2. The van der Waals surface area contributed by atoms with Gasteiger partial charge in [-0.05, 0) is 56.4 Å². The first-order valence-corrected chi connectivity index (χ1v) is 10.6. The summed E-state index contributed by atoms with van der Waals surface area (Å²) in [4.78, 5) is 28.4.